The number of methoxy groups -OCH3 is 1. The van der Waals surface area contributed by atoms with Gasteiger partial charge in [0.25, 0.3) is 0 Å². The summed E-state index contributed by atoms with van der Waals surface area (Å²) < 4.78 is 9.98. The van der Waals surface area contributed by atoms with Gasteiger partial charge in [-0.2, -0.15) is 0 Å². The number of nitrogens with one attached hydrogen (secondary N) is 1. The minimum atomic E-state index is -0.652. The predicted octanol–water partition coefficient (Wildman–Crippen LogP) is -2.06. The molecule has 0 saturated carbocycles. The van der Waals surface area contributed by atoms with Gasteiger partial charge in [0.15, 0.2) is 0 Å². The maximum absolute atomic E-state index is 11.8. The van der Waals surface area contributed by atoms with Crippen LogP contribution in [0.5, 0.6) is 0 Å². The van der Waals surface area contributed by atoms with Gasteiger partial charge in [-0.3, -0.25) is 9.59 Å². The van der Waals surface area contributed by atoms with Crippen LogP contribution in [0, 0.1) is 0 Å². The molecule has 1 saturated heterocycles. The van der Waals surface area contributed by atoms with Gasteiger partial charge in [0, 0.05) is 20.2 Å². The fraction of sp³-hybridized carbons (Fsp3) is 0.800. The lowest BCUT2D eigenvalue weighted by Gasteiger charge is -2.33. The first-order valence-corrected chi connectivity index (χ1v) is 5.53. The molecule has 1 rings (SSSR count). The summed E-state index contributed by atoms with van der Waals surface area (Å²) in [5.41, 5.74) is 5.22. The molecule has 0 aromatic carbocycles. The number of carbonyl (C=O) groups is 2. The van der Waals surface area contributed by atoms with Crippen LogP contribution in [0.25, 0.3) is 0 Å². The first kappa shape index (κ1) is 13.9. The molecule has 1 atom stereocenters. The third-order valence-corrected chi connectivity index (χ3v) is 2.54. The molecule has 0 aromatic rings. The summed E-state index contributed by atoms with van der Waals surface area (Å²) in [7, 11) is 1.59. The largest absolute Gasteiger partial charge is 0.383 e. The van der Waals surface area contributed by atoms with Crippen LogP contribution in [0.1, 0.15) is 0 Å². The average Bonchev–Trinajstić information content (AvgIpc) is 2.34. The van der Waals surface area contributed by atoms with Gasteiger partial charge in [-0.05, 0) is 0 Å². The molecule has 1 aliphatic heterocycles. The highest BCUT2D eigenvalue weighted by Crippen LogP contribution is 2.06. The molecule has 0 spiro atoms. The van der Waals surface area contributed by atoms with Gasteiger partial charge in [0.2, 0.25) is 11.8 Å². The Labute approximate surface area is 100 Å². The van der Waals surface area contributed by atoms with Crippen LogP contribution in [0.4, 0.5) is 0 Å². The van der Waals surface area contributed by atoms with Crippen molar-refractivity contribution in [1.29, 1.82) is 0 Å². The molecule has 7 heteroatoms. The molecular weight excluding hydrogens is 226 g/mol. The average molecular weight is 245 g/mol. The van der Waals surface area contributed by atoms with Crippen LogP contribution >= 0.6 is 0 Å². The Morgan fingerprint density at radius 2 is 2.35 bits per heavy atom. The van der Waals surface area contributed by atoms with Gasteiger partial charge in [-0.1, -0.05) is 0 Å². The predicted molar refractivity (Wildman–Crippen MR) is 60.3 cm³/mol. The van der Waals surface area contributed by atoms with E-state index in [9.17, 15) is 9.59 Å². The molecular formula is C10H19N3O4. The lowest BCUT2D eigenvalue weighted by Crippen LogP contribution is -2.56. The van der Waals surface area contributed by atoms with Crippen LogP contribution in [-0.4, -0.2) is 69.3 Å². The Morgan fingerprint density at radius 1 is 1.59 bits per heavy atom. The highest BCUT2D eigenvalue weighted by molar-refractivity contribution is 5.87. The number of nitrogens with zero attached hydrogens (tertiary/aromatic N) is 1. The van der Waals surface area contributed by atoms with Gasteiger partial charge >= 0.3 is 0 Å². The number of rotatable bonds is 6. The highest BCUT2D eigenvalue weighted by Gasteiger charge is 2.30. The van der Waals surface area contributed by atoms with Crippen molar-refractivity contribution in [2.24, 2.45) is 5.73 Å². The Morgan fingerprint density at radius 3 is 3.00 bits per heavy atom. The molecule has 98 valence electrons. The van der Waals surface area contributed by atoms with Gasteiger partial charge in [0.1, 0.15) is 6.04 Å². The van der Waals surface area contributed by atoms with Gasteiger partial charge in [0.05, 0.1) is 26.4 Å². The topological polar surface area (TPSA) is 93.9 Å². The van der Waals surface area contributed by atoms with E-state index in [-0.39, 0.29) is 19.1 Å². The van der Waals surface area contributed by atoms with Crippen LogP contribution in [0.3, 0.4) is 0 Å². The number of hydrogen-bond donors (Lipinski definition) is 2. The smallest absolute Gasteiger partial charge is 0.242 e. The van der Waals surface area contributed by atoms with E-state index in [1.165, 1.54) is 4.90 Å². The molecule has 1 fully saturated rings. The molecule has 2 amide bonds. The number of primary amides is 1. The normalized spacial score (nSPS) is 20.3. The van der Waals surface area contributed by atoms with Crippen molar-refractivity contribution in [3.63, 3.8) is 0 Å². The zero-order valence-electron chi connectivity index (χ0n) is 9.98. The van der Waals surface area contributed by atoms with Crippen molar-refractivity contribution in [1.82, 2.24) is 10.2 Å². The second kappa shape index (κ2) is 7.21. The first-order chi connectivity index (χ1) is 8.16. The summed E-state index contributed by atoms with van der Waals surface area (Å²) in [5, 5.41) is 2.93. The molecule has 1 aliphatic rings. The van der Waals surface area contributed by atoms with Gasteiger partial charge in [-0.25, -0.2) is 0 Å². The Kier molecular flexibility index (Phi) is 5.88. The number of nitrogens with two attached hydrogens (primary N) is 1. The Hall–Kier alpha value is -1.18. The van der Waals surface area contributed by atoms with E-state index in [0.717, 1.165) is 0 Å². The molecule has 17 heavy (non-hydrogen) atoms. The maximum atomic E-state index is 11.8. The molecule has 0 aromatic heterocycles. The van der Waals surface area contributed by atoms with Crippen molar-refractivity contribution in [3.8, 4) is 0 Å². The second-order valence-corrected chi connectivity index (χ2v) is 3.75. The van der Waals surface area contributed by atoms with E-state index in [2.05, 4.69) is 5.32 Å². The SMILES string of the molecule is COCCNCC(=O)N1CCOCC1C(N)=O. The highest BCUT2D eigenvalue weighted by atomic mass is 16.5. The number of hydrogen-bond acceptors (Lipinski definition) is 5. The standard InChI is InChI=1S/C10H19N3O4/c1-16-4-2-12-6-9(14)13-3-5-17-7-8(13)10(11)15/h8,12H,2-7H2,1H3,(H2,11,15). The number of ether oxygens (including phenoxy) is 2. The van der Waals surface area contributed by atoms with Crippen LogP contribution in [0.2, 0.25) is 0 Å². The molecule has 0 radical (unpaired) electrons. The van der Waals surface area contributed by atoms with Crippen molar-refractivity contribution in [3.05, 3.63) is 0 Å². The van der Waals surface area contributed by atoms with E-state index >= 15 is 0 Å². The summed E-state index contributed by atoms with van der Waals surface area (Å²) in [6.45, 7) is 2.32. The number of morpholine rings is 1. The minimum Gasteiger partial charge on any atom is -0.383 e. The molecule has 1 heterocycles. The van der Waals surface area contributed by atoms with Crippen molar-refractivity contribution < 1.29 is 19.1 Å². The second-order valence-electron chi connectivity index (χ2n) is 3.75. The number of amides is 2. The number of carbonyl (C=O) groups excluding carboxylic acids is 2. The van der Waals surface area contributed by atoms with Crippen LogP contribution < -0.4 is 11.1 Å². The summed E-state index contributed by atoms with van der Waals surface area (Å²) in [4.78, 5) is 24.5. The summed E-state index contributed by atoms with van der Waals surface area (Å²) in [5.74, 6) is -0.678. The first-order valence-electron chi connectivity index (χ1n) is 5.53. The Balaban J connectivity index is 2.39. The lowest BCUT2D eigenvalue weighted by molar-refractivity contribution is -0.146. The van der Waals surface area contributed by atoms with Crippen molar-refractivity contribution >= 4 is 11.8 Å². The zero-order chi connectivity index (χ0) is 12.7. The Bertz CT molecular complexity index is 272. The quantitative estimate of drug-likeness (QED) is 0.525. The molecule has 3 N–H and O–H groups in total. The summed E-state index contributed by atoms with van der Waals surface area (Å²) >= 11 is 0. The van der Waals surface area contributed by atoms with E-state index in [0.29, 0.717) is 26.3 Å². The van der Waals surface area contributed by atoms with Crippen molar-refractivity contribution in [2.75, 3.05) is 46.6 Å². The molecule has 7 nitrogen and oxygen atoms in total. The van der Waals surface area contributed by atoms with E-state index in [1.807, 2.05) is 0 Å². The third kappa shape index (κ3) is 4.29. The fourth-order valence-corrected chi connectivity index (χ4v) is 1.61. The van der Waals surface area contributed by atoms with Crippen LogP contribution in [0.15, 0.2) is 0 Å². The minimum absolute atomic E-state index is 0.145. The van der Waals surface area contributed by atoms with Crippen molar-refractivity contribution in [2.45, 2.75) is 6.04 Å². The fourth-order valence-electron chi connectivity index (χ4n) is 1.61. The monoisotopic (exact) mass is 245 g/mol. The van der Waals surface area contributed by atoms with Gasteiger partial charge in [-0.15, -0.1) is 0 Å². The third-order valence-electron chi connectivity index (χ3n) is 2.54. The van der Waals surface area contributed by atoms with Gasteiger partial charge < -0.3 is 25.4 Å². The van der Waals surface area contributed by atoms with E-state index < -0.39 is 11.9 Å². The lowest BCUT2D eigenvalue weighted by atomic mass is 10.2. The van der Waals surface area contributed by atoms with E-state index in [1.54, 1.807) is 7.11 Å². The molecule has 1 unspecified atom stereocenters. The molecule has 0 bridgehead atoms. The van der Waals surface area contributed by atoms with Crippen LogP contribution in [-0.2, 0) is 19.1 Å². The van der Waals surface area contributed by atoms with E-state index in [4.69, 9.17) is 15.2 Å². The summed E-state index contributed by atoms with van der Waals surface area (Å²) in [6.07, 6.45) is 0. The summed E-state index contributed by atoms with van der Waals surface area (Å²) in [6, 6.07) is -0.652. The maximum Gasteiger partial charge on any atom is 0.242 e. The molecule has 0 aliphatic carbocycles. The zero-order valence-corrected chi connectivity index (χ0v) is 9.98.